The average molecular weight is 417 g/mol. The van der Waals surface area contributed by atoms with E-state index in [1.807, 2.05) is 33.2 Å². The maximum atomic E-state index is 13.4. The number of ether oxygens (including phenoxy) is 1. The van der Waals surface area contributed by atoms with Crippen LogP contribution in [0, 0.1) is 13.8 Å². The van der Waals surface area contributed by atoms with E-state index >= 15 is 0 Å². The Hall–Kier alpha value is -2.71. The first-order valence-corrected chi connectivity index (χ1v) is 10.2. The molecule has 7 nitrogen and oxygen atoms in total. The molecule has 2 heterocycles. The summed E-state index contributed by atoms with van der Waals surface area (Å²) in [4.78, 5) is 33.8. The summed E-state index contributed by atoms with van der Waals surface area (Å²) < 4.78 is 5.22. The first-order valence-electron chi connectivity index (χ1n) is 9.40. The van der Waals surface area contributed by atoms with Crippen molar-refractivity contribution in [3.8, 4) is 5.75 Å². The van der Waals surface area contributed by atoms with Crippen molar-refractivity contribution in [3.05, 3.63) is 56.7 Å². The Morgan fingerprint density at radius 2 is 1.93 bits per heavy atom. The Balaban J connectivity index is 2.07. The van der Waals surface area contributed by atoms with Crippen molar-refractivity contribution in [3.63, 3.8) is 0 Å². The van der Waals surface area contributed by atoms with Crippen LogP contribution < -0.4 is 9.64 Å². The molecule has 0 saturated carbocycles. The van der Waals surface area contributed by atoms with E-state index in [4.69, 9.17) is 4.74 Å². The zero-order valence-electron chi connectivity index (χ0n) is 17.3. The van der Waals surface area contributed by atoms with Crippen molar-refractivity contribution in [1.29, 1.82) is 0 Å². The van der Waals surface area contributed by atoms with Gasteiger partial charge < -0.3 is 19.6 Å². The molecule has 0 unspecified atom stereocenters. The van der Waals surface area contributed by atoms with E-state index in [1.54, 1.807) is 31.1 Å². The number of carbonyl (C=O) groups excluding carboxylic acids is 2. The van der Waals surface area contributed by atoms with Crippen LogP contribution in [0.15, 0.2) is 35.6 Å². The second-order valence-corrected chi connectivity index (χ2v) is 8.57. The van der Waals surface area contributed by atoms with E-state index in [2.05, 4.69) is 4.98 Å². The number of nitrogens with one attached hydrogen (secondary N) is 1. The summed E-state index contributed by atoms with van der Waals surface area (Å²) in [5.41, 5.74) is 1.47. The van der Waals surface area contributed by atoms with E-state index in [0.29, 0.717) is 29.4 Å². The first kappa shape index (κ1) is 21.0. The Kier molecular flexibility index (Phi) is 6.04. The largest absolute Gasteiger partial charge is 0.503 e. The lowest BCUT2D eigenvalue weighted by molar-refractivity contribution is -0.857. The number of likely N-dealkylation sites (N-methyl/N-ethyl adjacent to an activating group) is 1. The molecule has 2 aromatic rings. The summed E-state index contributed by atoms with van der Waals surface area (Å²) in [6.45, 7) is 4.70. The van der Waals surface area contributed by atoms with Gasteiger partial charge in [-0.15, -0.1) is 11.3 Å². The number of hydrogen-bond acceptors (Lipinski definition) is 6. The molecular formula is C21H26N3O4S+. The normalized spacial score (nSPS) is 16.8. The average Bonchev–Trinajstić information content (AvgIpc) is 3.15. The zero-order valence-corrected chi connectivity index (χ0v) is 18.1. The van der Waals surface area contributed by atoms with Gasteiger partial charge in [-0.05, 0) is 31.5 Å². The van der Waals surface area contributed by atoms with Gasteiger partial charge in [-0.25, -0.2) is 4.98 Å². The second kappa shape index (κ2) is 8.34. The van der Waals surface area contributed by atoms with Gasteiger partial charge in [0.2, 0.25) is 5.78 Å². The third kappa shape index (κ3) is 4.04. The quantitative estimate of drug-likeness (QED) is 0.668. The van der Waals surface area contributed by atoms with Gasteiger partial charge in [0.25, 0.3) is 5.91 Å². The summed E-state index contributed by atoms with van der Waals surface area (Å²) in [6, 6.07) is 6.57. The van der Waals surface area contributed by atoms with Gasteiger partial charge in [-0.1, -0.05) is 12.1 Å². The molecule has 1 aromatic heterocycles. The molecule has 0 aliphatic carbocycles. The van der Waals surface area contributed by atoms with E-state index in [9.17, 15) is 14.7 Å². The molecule has 1 aromatic carbocycles. The van der Waals surface area contributed by atoms with Crippen LogP contribution in [0.1, 0.15) is 32.0 Å². The van der Waals surface area contributed by atoms with Crippen LogP contribution in [0.5, 0.6) is 5.75 Å². The zero-order chi connectivity index (χ0) is 21.3. The number of quaternary nitrogens is 1. The molecule has 1 amide bonds. The Morgan fingerprint density at radius 1 is 1.28 bits per heavy atom. The van der Waals surface area contributed by atoms with Gasteiger partial charge in [0.15, 0.2) is 5.76 Å². The molecule has 0 fully saturated rings. The van der Waals surface area contributed by atoms with Crippen LogP contribution in [-0.4, -0.2) is 61.0 Å². The fourth-order valence-corrected chi connectivity index (χ4v) is 4.33. The molecule has 3 rings (SSSR count). The second-order valence-electron chi connectivity index (χ2n) is 7.37. The molecule has 8 heteroatoms. The van der Waals surface area contributed by atoms with Crippen LogP contribution in [-0.2, 0) is 4.79 Å². The van der Waals surface area contributed by atoms with Crippen molar-refractivity contribution in [2.24, 2.45) is 0 Å². The first-order chi connectivity index (χ1) is 13.7. The molecule has 1 atom stereocenters. The van der Waals surface area contributed by atoms with Gasteiger partial charge in [-0.2, -0.15) is 0 Å². The smallest absolute Gasteiger partial charge is 0.290 e. The minimum Gasteiger partial charge on any atom is -0.503 e. The molecule has 0 bridgehead atoms. The van der Waals surface area contributed by atoms with Crippen LogP contribution >= 0.6 is 11.3 Å². The number of ketones is 1. The molecule has 154 valence electrons. The lowest BCUT2D eigenvalue weighted by Gasteiger charge is -2.27. The summed E-state index contributed by atoms with van der Waals surface area (Å²) in [6.07, 6.45) is 0. The number of benzene rings is 1. The number of Topliss-reactive ketones (excluding diaryl/α,β-unsaturated/α-hetero) is 1. The monoisotopic (exact) mass is 416 g/mol. The standard InChI is InChI=1S/C21H25N3O4S/c1-12-20(29-13(2)22-12)18(25)16-17(14-6-8-15(28-5)9-7-14)24(11-10-23(3)4)21(27)19(16)26/h6-9,17,26H,10-11H2,1-5H3/p+1/t17-/m0/s1. The van der Waals surface area contributed by atoms with Crippen molar-refractivity contribution < 1.29 is 24.3 Å². The van der Waals surface area contributed by atoms with Crippen LogP contribution in [0.25, 0.3) is 0 Å². The lowest BCUT2D eigenvalue weighted by Crippen LogP contribution is -3.06. The number of rotatable bonds is 7. The molecule has 0 spiro atoms. The number of nitrogens with zero attached hydrogens (tertiary/aromatic N) is 2. The van der Waals surface area contributed by atoms with Crippen molar-refractivity contribution in [1.82, 2.24) is 9.88 Å². The molecule has 1 aliphatic heterocycles. The molecule has 1 aliphatic rings. The van der Waals surface area contributed by atoms with Crippen molar-refractivity contribution in [2.75, 3.05) is 34.3 Å². The molecule has 0 saturated heterocycles. The number of methoxy groups -OCH3 is 1. The van der Waals surface area contributed by atoms with Gasteiger partial charge in [-0.3, -0.25) is 9.59 Å². The maximum Gasteiger partial charge on any atom is 0.290 e. The highest BCUT2D eigenvalue weighted by molar-refractivity contribution is 7.14. The molecular weight excluding hydrogens is 390 g/mol. The number of aryl methyl sites for hydroxylation is 2. The summed E-state index contributed by atoms with van der Waals surface area (Å²) >= 11 is 1.28. The number of carbonyl (C=O) groups is 2. The van der Waals surface area contributed by atoms with Gasteiger partial charge in [0.05, 0.1) is 61.5 Å². The Morgan fingerprint density at radius 3 is 2.45 bits per heavy atom. The number of thiazole rings is 1. The number of hydrogen-bond donors (Lipinski definition) is 2. The van der Waals surface area contributed by atoms with Crippen LogP contribution in [0.4, 0.5) is 0 Å². The van der Waals surface area contributed by atoms with Crippen LogP contribution in [0.3, 0.4) is 0 Å². The maximum absolute atomic E-state index is 13.4. The molecule has 0 radical (unpaired) electrons. The summed E-state index contributed by atoms with van der Waals surface area (Å²) in [5.74, 6) is -0.666. The Labute approximate surface area is 174 Å². The summed E-state index contributed by atoms with van der Waals surface area (Å²) in [5, 5.41) is 11.4. The van der Waals surface area contributed by atoms with Gasteiger partial charge in [0, 0.05) is 0 Å². The number of amides is 1. The number of aromatic nitrogens is 1. The third-order valence-corrected chi connectivity index (χ3v) is 6.01. The fraction of sp³-hybridized carbons (Fsp3) is 0.381. The van der Waals surface area contributed by atoms with Crippen LogP contribution in [0.2, 0.25) is 0 Å². The van der Waals surface area contributed by atoms with E-state index in [-0.39, 0.29) is 11.4 Å². The SMILES string of the molecule is COc1ccc([C@H]2C(C(=O)c3sc(C)nc3C)=C(O)C(=O)N2CC[NH+](C)C)cc1. The van der Waals surface area contributed by atoms with Gasteiger partial charge in [0.1, 0.15) is 5.75 Å². The van der Waals surface area contributed by atoms with Gasteiger partial charge >= 0.3 is 0 Å². The predicted octanol–water partition coefficient (Wildman–Crippen LogP) is 1.49. The lowest BCUT2D eigenvalue weighted by atomic mass is 9.95. The summed E-state index contributed by atoms with van der Waals surface area (Å²) in [7, 11) is 5.56. The minimum atomic E-state index is -0.651. The predicted molar refractivity (Wildman–Crippen MR) is 111 cm³/mol. The number of aliphatic hydroxyl groups excluding tert-OH is 1. The highest BCUT2D eigenvalue weighted by Crippen LogP contribution is 2.40. The molecule has 29 heavy (non-hydrogen) atoms. The highest BCUT2D eigenvalue weighted by atomic mass is 32.1. The van der Waals surface area contributed by atoms with E-state index < -0.39 is 17.7 Å². The fourth-order valence-electron chi connectivity index (χ4n) is 3.46. The minimum absolute atomic E-state index is 0.112. The van der Waals surface area contributed by atoms with Crippen molar-refractivity contribution in [2.45, 2.75) is 19.9 Å². The highest BCUT2D eigenvalue weighted by Gasteiger charge is 2.44. The number of aliphatic hydroxyl groups is 1. The topological polar surface area (TPSA) is 84.2 Å². The Bertz CT molecular complexity index is 963. The molecule has 2 N–H and O–H groups in total. The van der Waals surface area contributed by atoms with E-state index in [1.165, 1.54) is 16.2 Å². The third-order valence-electron chi connectivity index (χ3n) is 4.94. The van der Waals surface area contributed by atoms with E-state index in [0.717, 1.165) is 10.6 Å². The van der Waals surface area contributed by atoms with Crippen molar-refractivity contribution >= 4 is 23.0 Å².